The van der Waals surface area contributed by atoms with Crippen molar-refractivity contribution < 1.29 is 14.1 Å². The van der Waals surface area contributed by atoms with Crippen molar-refractivity contribution >= 4 is 11.4 Å². The van der Waals surface area contributed by atoms with Crippen molar-refractivity contribution in [3.8, 4) is 5.75 Å². The number of halogens is 1. The largest absolute Gasteiger partial charge is 0.494 e. The van der Waals surface area contributed by atoms with Gasteiger partial charge in [-0.15, -0.1) is 0 Å². The molecule has 0 radical (unpaired) electrons. The first kappa shape index (κ1) is 13.6. The number of hydrogen-bond acceptors (Lipinski definition) is 4. The predicted molar refractivity (Wildman–Crippen MR) is 70.0 cm³/mol. The van der Waals surface area contributed by atoms with Gasteiger partial charge in [-0.25, -0.2) is 4.39 Å². The van der Waals surface area contributed by atoms with Crippen LogP contribution in [0.15, 0.2) is 12.1 Å². The molecule has 1 aliphatic carbocycles. The van der Waals surface area contributed by atoms with Crippen molar-refractivity contribution in [3.05, 3.63) is 28.1 Å². The first-order valence-corrected chi connectivity index (χ1v) is 6.29. The Morgan fingerprint density at radius 1 is 1.47 bits per heavy atom. The van der Waals surface area contributed by atoms with Crippen molar-refractivity contribution in [1.82, 2.24) is 0 Å². The summed E-state index contributed by atoms with van der Waals surface area (Å²) < 4.78 is 18.4. The van der Waals surface area contributed by atoms with E-state index in [0.29, 0.717) is 11.6 Å². The van der Waals surface area contributed by atoms with E-state index < -0.39 is 10.7 Å². The first-order chi connectivity index (χ1) is 9.01. The van der Waals surface area contributed by atoms with E-state index in [1.165, 1.54) is 13.2 Å². The smallest absolute Gasteiger partial charge is 0.295 e. The van der Waals surface area contributed by atoms with Crippen LogP contribution < -0.4 is 10.1 Å². The minimum atomic E-state index is -0.723. The van der Waals surface area contributed by atoms with Crippen molar-refractivity contribution in [2.45, 2.75) is 32.2 Å². The summed E-state index contributed by atoms with van der Waals surface area (Å²) in [5.41, 5.74) is 0.0696. The molecule has 0 aliphatic heterocycles. The van der Waals surface area contributed by atoms with Gasteiger partial charge in [0.05, 0.1) is 18.1 Å². The van der Waals surface area contributed by atoms with Gasteiger partial charge in [-0.1, -0.05) is 6.92 Å². The zero-order valence-electron chi connectivity index (χ0n) is 11.0. The third kappa shape index (κ3) is 2.94. The van der Waals surface area contributed by atoms with Gasteiger partial charge in [0.1, 0.15) is 5.69 Å². The van der Waals surface area contributed by atoms with Crippen LogP contribution in [-0.4, -0.2) is 18.1 Å². The Hall–Kier alpha value is -1.85. The Balaban J connectivity index is 2.28. The van der Waals surface area contributed by atoms with Crippen LogP contribution >= 0.6 is 0 Å². The van der Waals surface area contributed by atoms with E-state index in [-0.39, 0.29) is 17.5 Å². The van der Waals surface area contributed by atoms with E-state index in [9.17, 15) is 14.5 Å². The molecule has 2 rings (SSSR count). The number of nitro groups is 1. The van der Waals surface area contributed by atoms with Crippen LogP contribution in [0.2, 0.25) is 0 Å². The Labute approximate surface area is 110 Å². The van der Waals surface area contributed by atoms with Gasteiger partial charge in [-0.3, -0.25) is 10.1 Å². The first-order valence-electron chi connectivity index (χ1n) is 6.29. The lowest BCUT2D eigenvalue weighted by Crippen LogP contribution is -2.16. The molecule has 1 aromatic rings. The van der Waals surface area contributed by atoms with Gasteiger partial charge < -0.3 is 10.1 Å². The summed E-state index contributed by atoms with van der Waals surface area (Å²) in [6.45, 7) is 2.15. The zero-order chi connectivity index (χ0) is 14.0. The summed E-state index contributed by atoms with van der Waals surface area (Å²) in [6, 6.07) is 2.46. The zero-order valence-corrected chi connectivity index (χ0v) is 11.0. The quantitative estimate of drug-likeness (QED) is 0.672. The van der Waals surface area contributed by atoms with E-state index in [1.807, 2.05) is 0 Å². The molecule has 19 heavy (non-hydrogen) atoms. The van der Waals surface area contributed by atoms with Gasteiger partial charge in [-0.05, 0) is 25.2 Å². The van der Waals surface area contributed by atoms with Crippen LogP contribution in [0.4, 0.5) is 15.8 Å². The molecule has 0 bridgehead atoms. The van der Waals surface area contributed by atoms with Crippen molar-refractivity contribution in [3.63, 3.8) is 0 Å². The molecule has 6 heteroatoms. The van der Waals surface area contributed by atoms with E-state index in [0.717, 1.165) is 25.3 Å². The summed E-state index contributed by atoms with van der Waals surface area (Å²) in [5.74, 6) is -0.0995. The molecular formula is C13H17FN2O3. The number of rotatable bonds is 4. The monoisotopic (exact) mass is 268 g/mol. The molecule has 5 nitrogen and oxygen atoms in total. The summed E-state index contributed by atoms with van der Waals surface area (Å²) in [5, 5.41) is 14.1. The van der Waals surface area contributed by atoms with Gasteiger partial charge in [0, 0.05) is 12.1 Å². The highest BCUT2D eigenvalue weighted by atomic mass is 19.1. The highest BCUT2D eigenvalue weighted by Crippen LogP contribution is 2.35. The molecule has 2 atom stereocenters. The van der Waals surface area contributed by atoms with Gasteiger partial charge in [0.2, 0.25) is 0 Å². The van der Waals surface area contributed by atoms with E-state index in [1.54, 1.807) is 0 Å². The Kier molecular flexibility index (Phi) is 3.87. The molecule has 1 saturated carbocycles. The summed E-state index contributed by atoms with van der Waals surface area (Å²) in [7, 11) is 1.34. The maximum Gasteiger partial charge on any atom is 0.295 e. The average Bonchev–Trinajstić information content (AvgIpc) is 2.76. The lowest BCUT2D eigenvalue weighted by molar-refractivity contribution is -0.384. The molecule has 0 saturated heterocycles. The summed E-state index contributed by atoms with van der Waals surface area (Å²) in [6.07, 6.45) is 3.04. The average molecular weight is 268 g/mol. The standard InChI is InChI=1S/C13H17FN2O3/c1-8-3-4-9(5-8)15-11-7-13(19-2)10(14)6-12(11)16(17)18/h6-9,15H,3-5H2,1-2H3. The number of nitrogens with zero attached hydrogens (tertiary/aromatic N) is 1. The molecule has 1 aliphatic rings. The number of methoxy groups -OCH3 is 1. The fourth-order valence-corrected chi connectivity index (χ4v) is 2.52. The molecule has 0 aromatic heterocycles. The fraction of sp³-hybridized carbons (Fsp3) is 0.538. The van der Waals surface area contributed by atoms with Crippen molar-refractivity contribution in [1.29, 1.82) is 0 Å². The predicted octanol–water partition coefficient (Wildman–Crippen LogP) is 3.34. The van der Waals surface area contributed by atoms with Gasteiger partial charge in [0.25, 0.3) is 5.69 Å². The Morgan fingerprint density at radius 3 is 2.74 bits per heavy atom. The SMILES string of the molecule is COc1cc(NC2CCC(C)C2)c([N+](=O)[O-])cc1F. The molecule has 104 valence electrons. The van der Waals surface area contributed by atoms with Crippen LogP contribution in [0.3, 0.4) is 0 Å². The number of nitro benzene ring substituents is 1. The highest BCUT2D eigenvalue weighted by Gasteiger charge is 2.25. The van der Waals surface area contributed by atoms with Gasteiger partial charge in [0.15, 0.2) is 11.6 Å². The normalized spacial score (nSPS) is 22.3. The van der Waals surface area contributed by atoms with E-state index in [2.05, 4.69) is 12.2 Å². The van der Waals surface area contributed by atoms with E-state index >= 15 is 0 Å². The number of nitrogens with one attached hydrogen (secondary N) is 1. The lowest BCUT2D eigenvalue weighted by Gasteiger charge is -2.15. The topological polar surface area (TPSA) is 64.4 Å². The second-order valence-corrected chi connectivity index (χ2v) is 5.02. The van der Waals surface area contributed by atoms with E-state index in [4.69, 9.17) is 4.74 Å². The maximum atomic E-state index is 13.5. The summed E-state index contributed by atoms with van der Waals surface area (Å²) in [4.78, 5) is 10.4. The lowest BCUT2D eigenvalue weighted by atomic mass is 10.1. The number of hydrogen-bond donors (Lipinski definition) is 1. The second-order valence-electron chi connectivity index (χ2n) is 5.02. The second kappa shape index (κ2) is 5.42. The number of ether oxygens (including phenoxy) is 1. The molecule has 0 heterocycles. The fourth-order valence-electron chi connectivity index (χ4n) is 2.52. The third-order valence-corrected chi connectivity index (χ3v) is 3.52. The van der Waals surface area contributed by atoms with Crippen LogP contribution in [0.25, 0.3) is 0 Å². The van der Waals surface area contributed by atoms with Crippen LogP contribution in [0.5, 0.6) is 5.75 Å². The summed E-state index contributed by atoms with van der Waals surface area (Å²) >= 11 is 0. The Morgan fingerprint density at radius 2 is 2.21 bits per heavy atom. The van der Waals surface area contributed by atoms with Crippen molar-refractivity contribution in [2.75, 3.05) is 12.4 Å². The number of benzene rings is 1. The Bertz CT molecular complexity index is 493. The minimum Gasteiger partial charge on any atom is -0.494 e. The maximum absolute atomic E-state index is 13.5. The molecule has 1 N–H and O–H groups in total. The molecule has 1 aromatic carbocycles. The molecule has 1 fully saturated rings. The molecular weight excluding hydrogens is 251 g/mol. The molecule has 2 unspecified atom stereocenters. The third-order valence-electron chi connectivity index (χ3n) is 3.52. The van der Waals surface area contributed by atoms with Crippen LogP contribution in [0.1, 0.15) is 26.2 Å². The molecule has 0 amide bonds. The van der Waals surface area contributed by atoms with Crippen LogP contribution in [-0.2, 0) is 0 Å². The van der Waals surface area contributed by atoms with Crippen molar-refractivity contribution in [2.24, 2.45) is 5.92 Å². The highest BCUT2D eigenvalue weighted by molar-refractivity contribution is 5.65. The van der Waals surface area contributed by atoms with Crippen LogP contribution in [0, 0.1) is 21.8 Å². The molecule has 0 spiro atoms. The number of anilines is 1. The van der Waals surface area contributed by atoms with Gasteiger partial charge >= 0.3 is 0 Å². The minimum absolute atomic E-state index is 0.0131. The van der Waals surface area contributed by atoms with Gasteiger partial charge in [-0.2, -0.15) is 0 Å².